The maximum atomic E-state index is 12.9. The predicted octanol–water partition coefficient (Wildman–Crippen LogP) is 7.20. The Kier molecular flexibility index (Phi) is 27.3. The van der Waals surface area contributed by atoms with Crippen molar-refractivity contribution in [2.24, 2.45) is 21.1 Å². The van der Waals surface area contributed by atoms with Crippen molar-refractivity contribution >= 4 is 104 Å². The number of aromatic amines is 2. The van der Waals surface area contributed by atoms with Crippen LogP contribution in [0.4, 0.5) is 5.69 Å². The van der Waals surface area contributed by atoms with E-state index >= 15 is 0 Å². The first kappa shape index (κ1) is 81.6. The summed E-state index contributed by atoms with van der Waals surface area (Å²) in [6.07, 6.45) is 23.2. The molecular weight excluding hydrogens is 1460 g/mol. The number of hydrogen-bond acceptors (Lipinski definition) is 16. The number of aryl methyl sites for hydroxylation is 3. The van der Waals surface area contributed by atoms with Crippen molar-refractivity contribution < 1.29 is 88.5 Å². The molecule has 26 heteroatoms. The molecule has 0 saturated carbocycles. The van der Waals surface area contributed by atoms with Gasteiger partial charge in [0.15, 0.2) is 37.2 Å². The van der Waals surface area contributed by atoms with Crippen LogP contribution in [0.5, 0.6) is 11.5 Å². The zero-order chi connectivity index (χ0) is 78.9. The number of aromatic nitrogens is 11. The number of ether oxygens (including phenoxy) is 2. The van der Waals surface area contributed by atoms with Crippen LogP contribution in [0.2, 0.25) is 0 Å². The molecule has 4 aromatic carbocycles. The van der Waals surface area contributed by atoms with Crippen LogP contribution in [0.25, 0.3) is 136 Å². The van der Waals surface area contributed by atoms with Gasteiger partial charge in [-0.15, -0.1) is 22.1 Å². The number of anilines is 1. The van der Waals surface area contributed by atoms with Crippen molar-refractivity contribution in [3.8, 4) is 78.8 Å². The topological polar surface area (TPSA) is 334 Å². The molecule has 0 radical (unpaired) electrons. The number of unbranched alkanes of at least 4 members (excludes halogenated alkanes) is 1. The summed E-state index contributed by atoms with van der Waals surface area (Å²) < 4.78 is 19.5. The van der Waals surface area contributed by atoms with Crippen LogP contribution >= 0.6 is 0 Å². The minimum absolute atomic E-state index is 0. The van der Waals surface area contributed by atoms with Gasteiger partial charge in [-0.3, -0.25) is 4.79 Å². The van der Waals surface area contributed by atoms with E-state index in [4.69, 9.17) is 79.0 Å². The summed E-state index contributed by atoms with van der Waals surface area (Å²) in [6.45, 7) is 9.71. The molecule has 576 valence electrons. The number of likely N-dealkylation sites (N-methyl/N-ethyl adjacent to an activating group) is 1. The summed E-state index contributed by atoms with van der Waals surface area (Å²) in [5.41, 5.74) is 21.0. The Labute approximate surface area is 657 Å². The van der Waals surface area contributed by atoms with Crippen LogP contribution in [0.1, 0.15) is 76.2 Å². The second kappa shape index (κ2) is 37.5. The van der Waals surface area contributed by atoms with E-state index in [2.05, 4.69) is 174 Å². The zero-order valence-corrected chi connectivity index (χ0v) is 64.6. The first-order valence-corrected chi connectivity index (χ1v) is 36.2. The van der Waals surface area contributed by atoms with Gasteiger partial charge >= 0.3 is 16.5 Å². The number of rotatable bonds is 18. The Bertz CT molecular complexity index is 5480. The third-order valence-corrected chi connectivity index (χ3v) is 18.2. The van der Waals surface area contributed by atoms with Gasteiger partial charge in [0.05, 0.1) is 98.3 Å². The Morgan fingerprint density at radius 1 is 0.455 bits per heavy atom. The summed E-state index contributed by atoms with van der Waals surface area (Å²) in [5.74, 6) is -1.21. The number of fused-ring (bicyclic) bond motifs is 10. The van der Waals surface area contributed by atoms with Crippen LogP contribution < -0.4 is 63.8 Å². The monoisotopic (exact) mass is 1550 g/mol. The Morgan fingerprint density at radius 3 is 1.21 bits per heavy atom. The number of imidazole rings is 2. The van der Waals surface area contributed by atoms with Gasteiger partial charge in [-0.25, -0.2) is 33.6 Å². The van der Waals surface area contributed by atoms with Gasteiger partial charge in [0, 0.05) is 90.1 Å². The first-order chi connectivity index (χ1) is 53.3. The number of carbonyl (C=O) groups excluding carboxylic acids is 5. The first-order valence-electron chi connectivity index (χ1n) is 36.2. The number of piperazine rings is 1. The summed E-state index contributed by atoms with van der Waals surface area (Å²) >= 11 is 0. The molecule has 11 heterocycles. The Morgan fingerprint density at radius 2 is 0.804 bits per heavy atom. The quantitative estimate of drug-likeness (QED) is 0.0331. The van der Waals surface area contributed by atoms with Crippen LogP contribution in [0.3, 0.4) is 0 Å². The third-order valence-electron chi connectivity index (χ3n) is 18.2. The van der Waals surface area contributed by atoms with Gasteiger partial charge in [0.2, 0.25) is 5.91 Å². The number of nitrogens with zero attached hydrogens (tertiary/aromatic N) is 11. The summed E-state index contributed by atoms with van der Waals surface area (Å²) in [4.78, 5) is 89.6. The van der Waals surface area contributed by atoms with Crippen LogP contribution in [0.15, 0.2) is 183 Å². The minimum atomic E-state index is -1.08. The largest absolute Gasteiger partial charge is 2.00 e. The number of carboxylic acid groups (broad SMARTS) is 4. The van der Waals surface area contributed by atoms with Gasteiger partial charge in [-0.1, -0.05) is 36.4 Å². The van der Waals surface area contributed by atoms with Gasteiger partial charge in [-0.05, 0) is 189 Å². The van der Waals surface area contributed by atoms with Crippen LogP contribution in [0, 0.1) is 0 Å². The SMILES string of the molecule is CC(=O)[O-].CC(=O)[O-].CC(=O)[O-].CC(=O)[O-].C[n+]1ccc(-c2c3nc(c(-c4cc[n+](C)cc4)c4ccc([n-]4)c(-c4cc[n+](C)cc4)c4nc(c(-c5ccc(OCCCCC(=O)NCCCOc6ccc(-c7nc8ccc(-c9nc%10ccc(N%11CC[N+](C)(C)CC%11)cc%10[nH]9)cc8[nH]7)cc6)cc5)c5ccc2[n-]5)C=C4)C=C3)cc1.[Ni+2]. The number of hydrogen-bond donors (Lipinski definition) is 3. The average molecular weight is 1550 g/mol. The normalized spacial score (nSPS) is 12.3. The van der Waals surface area contributed by atoms with Gasteiger partial charge < -0.3 is 83.7 Å². The van der Waals surface area contributed by atoms with Crippen molar-refractivity contribution in [2.75, 3.05) is 64.9 Å². The molecule has 8 aromatic heterocycles. The van der Waals surface area contributed by atoms with E-state index < -0.39 is 23.9 Å². The fourth-order valence-corrected chi connectivity index (χ4v) is 12.7. The smallest absolute Gasteiger partial charge is 0.657 e. The van der Waals surface area contributed by atoms with Crippen molar-refractivity contribution in [1.29, 1.82) is 0 Å². The number of nitrogens with one attached hydrogen (secondary N) is 3. The number of H-pyrrole nitrogens is 2. The molecule has 112 heavy (non-hydrogen) atoms. The number of benzene rings is 4. The maximum absolute atomic E-state index is 12.9. The van der Waals surface area contributed by atoms with E-state index in [1.54, 1.807) is 0 Å². The van der Waals surface area contributed by atoms with Gasteiger partial charge in [0.1, 0.15) is 44.3 Å². The molecule has 0 aliphatic carbocycles. The second-order valence-electron chi connectivity index (χ2n) is 27.5. The standard InChI is InChI=1S/C78H72N14O3.4C2H4O2.Ni/c1-88-37-30-52(31-38-88)74-64-24-22-62(80-64)73(63-23-25-65(81-63)75(53-32-39-89(2)40-33-53)67-27-29-69(83-67)76(68-28-26-66(74)82-68)54-34-41-90(3)42-35-54)51-10-16-58(17-11-51)94-47-7-6-9-72(93)79-36-8-48-95-59-18-12-55(13-19-59)77-84-60-20-14-56(49-70(60)86-77)78-85-61-21-15-57(50-71(61)87-78)91-43-45-92(4,5)46-44-91;4*1-2(3)4;/h10-35,37-42,49-50H,6-9,36,43-48H2,1-5H3,(H-2,79,80,81,82,83,93);4*1H3,(H,3,4);/q;;;;;+2/p-2. The zero-order valence-electron chi connectivity index (χ0n) is 63.6. The Hall–Kier alpha value is -12.9. The van der Waals surface area contributed by atoms with Crippen molar-refractivity contribution in [1.82, 2.24) is 45.2 Å². The van der Waals surface area contributed by atoms with E-state index in [1.165, 1.54) is 5.69 Å². The number of amides is 1. The number of aliphatic carboxylic acids is 4. The molecule has 3 N–H and O–H groups in total. The van der Waals surface area contributed by atoms with E-state index in [9.17, 15) is 4.79 Å². The maximum Gasteiger partial charge on any atom is 2.00 e. The van der Waals surface area contributed by atoms with Crippen molar-refractivity contribution in [2.45, 2.75) is 53.4 Å². The molecule has 12 aromatic rings. The molecule has 3 aliphatic rings. The number of pyridine rings is 3. The van der Waals surface area contributed by atoms with Crippen LogP contribution in [-0.4, -0.2) is 124 Å². The Balaban J connectivity index is 0.000000718. The third kappa shape index (κ3) is 21.7. The second-order valence-corrected chi connectivity index (χ2v) is 27.5. The molecule has 0 unspecified atom stereocenters. The van der Waals surface area contributed by atoms with Crippen molar-refractivity contribution in [3.05, 3.63) is 206 Å². The molecule has 25 nitrogen and oxygen atoms in total. The summed E-state index contributed by atoms with van der Waals surface area (Å²) in [5, 5.41) is 38.6. The van der Waals surface area contributed by atoms with Crippen molar-refractivity contribution in [3.63, 3.8) is 0 Å². The summed E-state index contributed by atoms with van der Waals surface area (Å²) in [6, 6.07) is 49.9. The predicted molar refractivity (Wildman–Crippen MR) is 418 cm³/mol. The summed E-state index contributed by atoms with van der Waals surface area (Å²) in [7, 11) is 10.7. The van der Waals surface area contributed by atoms with Crippen LogP contribution in [-0.2, 0) is 61.6 Å². The fourth-order valence-electron chi connectivity index (χ4n) is 12.7. The molecule has 0 spiro atoms. The molecule has 0 atom stereocenters. The van der Waals surface area contributed by atoms with Gasteiger partial charge in [0.25, 0.3) is 0 Å². The molecule has 3 aliphatic heterocycles. The minimum Gasteiger partial charge on any atom is -0.657 e. The number of carbonyl (C=O) groups is 5. The molecule has 15 rings (SSSR count). The van der Waals surface area contributed by atoms with E-state index in [0.717, 1.165) is 210 Å². The van der Waals surface area contributed by atoms with E-state index in [1.807, 2.05) is 102 Å². The number of carboxylic acids is 4. The molecular formula is C86H86N14NiO11. The van der Waals surface area contributed by atoms with Gasteiger partial charge in [-0.2, -0.15) is 0 Å². The van der Waals surface area contributed by atoms with E-state index in [-0.39, 0.29) is 22.4 Å². The molecule has 1 saturated heterocycles. The molecule has 1 fully saturated rings. The average Bonchev–Trinajstić information content (AvgIpc) is 1.59. The fraction of sp³-hybridized carbons (Fsp3) is 0.233. The van der Waals surface area contributed by atoms with E-state index in [0.29, 0.717) is 39.0 Å². The molecule has 1 amide bonds. The number of quaternary nitrogens is 1. The molecule has 8 bridgehead atoms.